The summed E-state index contributed by atoms with van der Waals surface area (Å²) in [7, 11) is 0. The Balaban J connectivity index is 1.91. The minimum Gasteiger partial charge on any atom is -0.369 e. The van der Waals surface area contributed by atoms with Crippen LogP contribution in [0.3, 0.4) is 0 Å². The highest BCUT2D eigenvalue weighted by Gasteiger charge is 2.26. The molecule has 0 bridgehead atoms. The minimum atomic E-state index is -0.248. The lowest BCUT2D eigenvalue weighted by atomic mass is 9.85. The highest BCUT2D eigenvalue weighted by atomic mass is 35.5. The van der Waals surface area contributed by atoms with Crippen LogP contribution in [0.2, 0.25) is 5.02 Å². The number of aromatic nitrogens is 1. The Morgan fingerprint density at radius 3 is 2.58 bits per heavy atom. The molecule has 19 heavy (non-hydrogen) atoms. The zero-order valence-electron chi connectivity index (χ0n) is 10.4. The number of nitrogens with zero attached hydrogens (tertiary/aromatic N) is 1. The molecule has 1 fully saturated rings. The number of halogens is 1. The lowest BCUT2D eigenvalue weighted by Crippen LogP contribution is -2.39. The van der Waals surface area contributed by atoms with Crippen LogP contribution < -0.4 is 11.1 Å². The molecule has 5 nitrogen and oxygen atoms in total. The van der Waals surface area contributed by atoms with E-state index in [2.05, 4.69) is 10.3 Å². The molecule has 1 aliphatic rings. The Hall–Kier alpha value is -1.62. The monoisotopic (exact) mass is 281 g/mol. The zero-order chi connectivity index (χ0) is 13.8. The summed E-state index contributed by atoms with van der Waals surface area (Å²) in [5.41, 5.74) is 5.70. The quantitative estimate of drug-likeness (QED) is 0.881. The molecule has 1 aromatic heterocycles. The van der Waals surface area contributed by atoms with Crippen molar-refractivity contribution in [1.82, 2.24) is 10.3 Å². The van der Waals surface area contributed by atoms with E-state index in [1.165, 1.54) is 12.4 Å². The highest BCUT2D eigenvalue weighted by molar-refractivity contribution is 6.33. The molecule has 1 saturated carbocycles. The second-order valence-corrected chi connectivity index (χ2v) is 5.19. The third-order valence-corrected chi connectivity index (χ3v) is 3.78. The predicted octanol–water partition coefficient (Wildman–Crippen LogP) is 1.51. The largest absolute Gasteiger partial charge is 0.369 e. The average molecular weight is 282 g/mol. The smallest absolute Gasteiger partial charge is 0.253 e. The van der Waals surface area contributed by atoms with E-state index < -0.39 is 0 Å². The summed E-state index contributed by atoms with van der Waals surface area (Å²) in [4.78, 5) is 26.9. The van der Waals surface area contributed by atoms with Gasteiger partial charge in [-0.3, -0.25) is 14.6 Å². The molecule has 3 N–H and O–H groups in total. The van der Waals surface area contributed by atoms with Crippen molar-refractivity contribution in [2.75, 3.05) is 0 Å². The SMILES string of the molecule is NC(=O)C1CCC(NC(=O)c2ccncc2Cl)CC1. The third-order valence-electron chi connectivity index (χ3n) is 3.48. The van der Waals surface area contributed by atoms with Crippen molar-refractivity contribution in [2.24, 2.45) is 11.7 Å². The molecular weight excluding hydrogens is 266 g/mol. The first kappa shape index (κ1) is 13.8. The maximum absolute atomic E-state index is 12.0. The van der Waals surface area contributed by atoms with Gasteiger partial charge in [-0.05, 0) is 31.7 Å². The maximum atomic E-state index is 12.0. The van der Waals surface area contributed by atoms with Gasteiger partial charge in [0.2, 0.25) is 5.91 Å². The molecule has 6 heteroatoms. The predicted molar refractivity (Wildman–Crippen MR) is 71.7 cm³/mol. The summed E-state index contributed by atoms with van der Waals surface area (Å²) in [5.74, 6) is -0.505. The summed E-state index contributed by atoms with van der Waals surface area (Å²) < 4.78 is 0. The molecule has 1 aliphatic carbocycles. The summed E-state index contributed by atoms with van der Waals surface area (Å²) in [6, 6.07) is 1.67. The Morgan fingerprint density at radius 2 is 2.00 bits per heavy atom. The molecule has 0 saturated heterocycles. The Bertz CT molecular complexity index is 485. The minimum absolute atomic E-state index is 0.0577. The summed E-state index contributed by atoms with van der Waals surface area (Å²) in [6.45, 7) is 0. The molecular formula is C13H16ClN3O2. The molecule has 0 radical (unpaired) electrons. The summed E-state index contributed by atoms with van der Waals surface area (Å²) >= 11 is 5.92. The van der Waals surface area contributed by atoms with Gasteiger partial charge in [0.1, 0.15) is 0 Å². The maximum Gasteiger partial charge on any atom is 0.253 e. The van der Waals surface area contributed by atoms with Crippen molar-refractivity contribution in [3.05, 3.63) is 29.0 Å². The van der Waals surface area contributed by atoms with Gasteiger partial charge < -0.3 is 11.1 Å². The third kappa shape index (κ3) is 3.44. The molecule has 1 heterocycles. The first-order valence-corrected chi connectivity index (χ1v) is 6.65. The topological polar surface area (TPSA) is 85.1 Å². The number of nitrogens with one attached hydrogen (secondary N) is 1. The molecule has 102 valence electrons. The normalized spacial score (nSPS) is 22.8. The Labute approximate surface area is 116 Å². The fraction of sp³-hybridized carbons (Fsp3) is 0.462. The standard InChI is InChI=1S/C13H16ClN3O2/c14-11-7-16-6-5-10(11)13(19)17-9-3-1-8(2-4-9)12(15)18/h5-9H,1-4H2,(H2,15,18)(H,17,19). The van der Waals surface area contributed by atoms with Crippen LogP contribution in [0.1, 0.15) is 36.0 Å². The first-order valence-electron chi connectivity index (χ1n) is 6.27. The molecule has 2 rings (SSSR count). The van der Waals surface area contributed by atoms with Gasteiger partial charge in [0.15, 0.2) is 0 Å². The molecule has 0 aromatic carbocycles. The van der Waals surface area contributed by atoms with E-state index in [-0.39, 0.29) is 23.8 Å². The first-order chi connectivity index (χ1) is 9.08. The number of hydrogen-bond donors (Lipinski definition) is 2. The van der Waals surface area contributed by atoms with Crippen LogP contribution in [0.4, 0.5) is 0 Å². The van der Waals surface area contributed by atoms with E-state index in [1.54, 1.807) is 6.07 Å². The van der Waals surface area contributed by atoms with E-state index >= 15 is 0 Å². The summed E-state index contributed by atoms with van der Waals surface area (Å²) in [6.07, 6.45) is 5.96. The number of rotatable bonds is 3. The van der Waals surface area contributed by atoms with E-state index in [9.17, 15) is 9.59 Å². The Morgan fingerprint density at radius 1 is 1.32 bits per heavy atom. The van der Waals surface area contributed by atoms with Crippen LogP contribution in [-0.2, 0) is 4.79 Å². The zero-order valence-corrected chi connectivity index (χ0v) is 11.2. The van der Waals surface area contributed by atoms with Gasteiger partial charge in [0, 0.05) is 24.4 Å². The number of carbonyl (C=O) groups is 2. The van der Waals surface area contributed by atoms with Crippen LogP contribution in [0, 0.1) is 5.92 Å². The van der Waals surface area contributed by atoms with Gasteiger partial charge in [-0.1, -0.05) is 11.6 Å². The number of primary amides is 1. The van der Waals surface area contributed by atoms with Gasteiger partial charge in [0.05, 0.1) is 10.6 Å². The van der Waals surface area contributed by atoms with Crippen LogP contribution >= 0.6 is 11.6 Å². The van der Waals surface area contributed by atoms with E-state index in [0.29, 0.717) is 10.6 Å². The van der Waals surface area contributed by atoms with Gasteiger partial charge in [-0.25, -0.2) is 0 Å². The van der Waals surface area contributed by atoms with Crippen molar-refractivity contribution in [1.29, 1.82) is 0 Å². The van der Waals surface area contributed by atoms with Crippen molar-refractivity contribution >= 4 is 23.4 Å². The van der Waals surface area contributed by atoms with Gasteiger partial charge in [0.25, 0.3) is 5.91 Å². The fourth-order valence-electron chi connectivity index (χ4n) is 2.34. The number of hydrogen-bond acceptors (Lipinski definition) is 3. The molecule has 0 atom stereocenters. The van der Waals surface area contributed by atoms with Gasteiger partial charge in [-0.15, -0.1) is 0 Å². The van der Waals surface area contributed by atoms with Crippen molar-refractivity contribution in [2.45, 2.75) is 31.7 Å². The number of nitrogens with two attached hydrogens (primary N) is 1. The lowest BCUT2D eigenvalue weighted by molar-refractivity contribution is -0.122. The van der Waals surface area contributed by atoms with Crippen LogP contribution in [0.5, 0.6) is 0 Å². The fourth-order valence-corrected chi connectivity index (χ4v) is 2.55. The highest BCUT2D eigenvalue weighted by Crippen LogP contribution is 2.24. The van der Waals surface area contributed by atoms with Crippen molar-refractivity contribution < 1.29 is 9.59 Å². The van der Waals surface area contributed by atoms with Gasteiger partial charge >= 0.3 is 0 Å². The van der Waals surface area contributed by atoms with Crippen LogP contribution in [0.25, 0.3) is 0 Å². The van der Waals surface area contributed by atoms with Crippen LogP contribution in [-0.4, -0.2) is 22.8 Å². The Kier molecular flexibility index (Phi) is 4.37. The molecule has 0 aliphatic heterocycles. The number of pyridine rings is 1. The van der Waals surface area contributed by atoms with Crippen molar-refractivity contribution in [3.8, 4) is 0 Å². The second-order valence-electron chi connectivity index (χ2n) is 4.78. The average Bonchev–Trinajstić information content (AvgIpc) is 2.39. The second kappa shape index (κ2) is 6.02. The number of carbonyl (C=O) groups excluding carboxylic acids is 2. The number of amides is 2. The van der Waals surface area contributed by atoms with Crippen LogP contribution in [0.15, 0.2) is 18.5 Å². The molecule has 0 spiro atoms. The lowest BCUT2D eigenvalue weighted by Gasteiger charge is -2.27. The van der Waals surface area contributed by atoms with E-state index in [1.807, 2.05) is 0 Å². The molecule has 1 aromatic rings. The summed E-state index contributed by atoms with van der Waals surface area (Å²) in [5, 5.41) is 3.27. The molecule has 0 unspecified atom stereocenters. The van der Waals surface area contributed by atoms with E-state index in [4.69, 9.17) is 17.3 Å². The van der Waals surface area contributed by atoms with Gasteiger partial charge in [-0.2, -0.15) is 0 Å². The molecule has 2 amide bonds. The van der Waals surface area contributed by atoms with Crippen molar-refractivity contribution in [3.63, 3.8) is 0 Å². The van der Waals surface area contributed by atoms with E-state index in [0.717, 1.165) is 25.7 Å².